The van der Waals surface area contributed by atoms with Crippen LogP contribution in [0.15, 0.2) is 21.2 Å². The number of furan rings is 1. The van der Waals surface area contributed by atoms with Gasteiger partial charge in [0.1, 0.15) is 6.04 Å². The molecule has 2 N–H and O–H groups in total. The van der Waals surface area contributed by atoms with Crippen LogP contribution in [0.2, 0.25) is 0 Å². The van der Waals surface area contributed by atoms with E-state index in [1.807, 2.05) is 0 Å². The van der Waals surface area contributed by atoms with Gasteiger partial charge in [0.25, 0.3) is 5.91 Å². The van der Waals surface area contributed by atoms with Crippen molar-refractivity contribution in [3.05, 3.63) is 22.6 Å². The van der Waals surface area contributed by atoms with Crippen LogP contribution in [-0.4, -0.2) is 55.7 Å². The molecule has 0 bridgehead atoms. The van der Waals surface area contributed by atoms with Gasteiger partial charge in [-0.3, -0.25) is 9.69 Å². The van der Waals surface area contributed by atoms with E-state index in [2.05, 4.69) is 26.6 Å². The van der Waals surface area contributed by atoms with E-state index in [1.165, 1.54) is 17.0 Å². The molecule has 1 saturated heterocycles. The van der Waals surface area contributed by atoms with Crippen molar-refractivity contribution >= 4 is 21.8 Å². The van der Waals surface area contributed by atoms with Crippen molar-refractivity contribution in [1.29, 1.82) is 0 Å². The SMILES string of the molecule is O=C(NCC(N1CCNCC1)C(F)(F)F)c1ccc(Br)o1. The third-order valence-corrected chi connectivity index (χ3v) is 3.65. The van der Waals surface area contributed by atoms with Crippen molar-refractivity contribution in [1.82, 2.24) is 15.5 Å². The Kier molecular flexibility index (Phi) is 5.28. The monoisotopic (exact) mass is 369 g/mol. The first-order valence-corrected chi connectivity index (χ1v) is 7.22. The molecule has 0 aromatic carbocycles. The van der Waals surface area contributed by atoms with Crippen LogP contribution in [0.5, 0.6) is 0 Å². The van der Waals surface area contributed by atoms with Crippen molar-refractivity contribution in [2.24, 2.45) is 0 Å². The highest BCUT2D eigenvalue weighted by Gasteiger charge is 2.43. The average molecular weight is 370 g/mol. The Morgan fingerprint density at radius 3 is 2.62 bits per heavy atom. The van der Waals surface area contributed by atoms with Gasteiger partial charge in [0.05, 0.1) is 0 Å². The summed E-state index contributed by atoms with van der Waals surface area (Å²) < 4.78 is 44.7. The molecule has 1 aromatic rings. The van der Waals surface area contributed by atoms with Crippen LogP contribution in [0, 0.1) is 0 Å². The zero-order valence-corrected chi connectivity index (χ0v) is 12.6. The van der Waals surface area contributed by atoms with Crippen LogP contribution in [0.25, 0.3) is 0 Å². The molecule has 2 heterocycles. The van der Waals surface area contributed by atoms with Crippen molar-refractivity contribution < 1.29 is 22.4 Å². The van der Waals surface area contributed by atoms with E-state index in [0.29, 0.717) is 30.8 Å². The summed E-state index contributed by atoms with van der Waals surface area (Å²) in [4.78, 5) is 13.1. The first-order chi connectivity index (χ1) is 9.88. The summed E-state index contributed by atoms with van der Waals surface area (Å²) in [5, 5.41) is 5.28. The number of alkyl halides is 3. The molecule has 118 valence electrons. The first-order valence-electron chi connectivity index (χ1n) is 6.43. The molecule has 1 atom stereocenters. The number of amides is 1. The van der Waals surface area contributed by atoms with Crippen molar-refractivity contribution in [2.45, 2.75) is 12.2 Å². The van der Waals surface area contributed by atoms with Crippen LogP contribution < -0.4 is 10.6 Å². The zero-order chi connectivity index (χ0) is 15.5. The van der Waals surface area contributed by atoms with E-state index in [9.17, 15) is 18.0 Å². The molecule has 1 aliphatic rings. The third kappa shape index (κ3) is 4.45. The van der Waals surface area contributed by atoms with Crippen LogP contribution in [0.3, 0.4) is 0 Å². The predicted molar refractivity (Wildman–Crippen MR) is 73.0 cm³/mol. The Morgan fingerprint density at radius 1 is 1.43 bits per heavy atom. The molecule has 1 aliphatic heterocycles. The fourth-order valence-corrected chi connectivity index (χ4v) is 2.47. The number of rotatable bonds is 4. The smallest absolute Gasteiger partial charge is 0.405 e. The van der Waals surface area contributed by atoms with Gasteiger partial charge < -0.3 is 15.1 Å². The maximum absolute atomic E-state index is 13.1. The molecule has 5 nitrogen and oxygen atoms in total. The van der Waals surface area contributed by atoms with E-state index in [0.717, 1.165) is 0 Å². The Bertz CT molecular complexity index is 486. The molecule has 0 spiro atoms. The highest BCUT2D eigenvalue weighted by Crippen LogP contribution is 2.25. The van der Waals surface area contributed by atoms with E-state index in [4.69, 9.17) is 4.42 Å². The number of carbonyl (C=O) groups is 1. The van der Waals surface area contributed by atoms with Crippen molar-refractivity contribution in [2.75, 3.05) is 32.7 Å². The number of nitrogens with zero attached hydrogens (tertiary/aromatic N) is 1. The molecular weight excluding hydrogens is 355 g/mol. The quantitative estimate of drug-likeness (QED) is 0.846. The average Bonchev–Trinajstić information content (AvgIpc) is 2.85. The fourth-order valence-electron chi connectivity index (χ4n) is 2.16. The fraction of sp³-hybridized carbons (Fsp3) is 0.583. The lowest BCUT2D eigenvalue weighted by Gasteiger charge is -2.35. The summed E-state index contributed by atoms with van der Waals surface area (Å²) in [6.07, 6.45) is -4.39. The standard InChI is InChI=1S/C12H15BrF3N3O2/c13-10-2-1-8(21-10)11(20)18-7-9(12(14,15)16)19-5-3-17-4-6-19/h1-2,9,17H,3-7H2,(H,18,20). The van der Waals surface area contributed by atoms with Gasteiger partial charge in [-0.1, -0.05) is 0 Å². The predicted octanol–water partition coefficient (Wildman–Crippen LogP) is 1.61. The second kappa shape index (κ2) is 6.80. The Balaban J connectivity index is 1.97. The van der Waals surface area contributed by atoms with Gasteiger partial charge in [-0.15, -0.1) is 0 Å². The third-order valence-electron chi connectivity index (χ3n) is 3.22. The van der Waals surface area contributed by atoms with Gasteiger partial charge >= 0.3 is 6.18 Å². The molecule has 9 heteroatoms. The van der Waals surface area contributed by atoms with E-state index >= 15 is 0 Å². The molecule has 0 radical (unpaired) electrons. The molecular formula is C12H15BrF3N3O2. The number of carbonyl (C=O) groups excluding carboxylic acids is 1. The number of halogens is 4. The maximum Gasteiger partial charge on any atom is 0.405 e. The van der Waals surface area contributed by atoms with Gasteiger partial charge in [-0.2, -0.15) is 13.2 Å². The number of hydrogen-bond donors (Lipinski definition) is 2. The molecule has 1 aromatic heterocycles. The summed E-state index contributed by atoms with van der Waals surface area (Å²) in [5.74, 6) is -0.687. The number of nitrogens with one attached hydrogen (secondary N) is 2. The van der Waals surface area contributed by atoms with Gasteiger partial charge in [0, 0.05) is 32.7 Å². The van der Waals surface area contributed by atoms with Crippen LogP contribution in [0.1, 0.15) is 10.6 Å². The van der Waals surface area contributed by atoms with Gasteiger partial charge in [0.15, 0.2) is 10.4 Å². The lowest BCUT2D eigenvalue weighted by Crippen LogP contribution is -2.57. The molecule has 1 fully saturated rings. The minimum absolute atomic E-state index is 0.0249. The highest BCUT2D eigenvalue weighted by molar-refractivity contribution is 9.10. The van der Waals surface area contributed by atoms with Gasteiger partial charge in [-0.25, -0.2) is 0 Å². The minimum Gasteiger partial charge on any atom is -0.444 e. The summed E-state index contributed by atoms with van der Waals surface area (Å²) in [7, 11) is 0. The second-order valence-electron chi connectivity index (χ2n) is 4.66. The summed E-state index contributed by atoms with van der Waals surface area (Å²) in [6, 6.07) is 1.21. The summed E-state index contributed by atoms with van der Waals surface area (Å²) in [6.45, 7) is 1.11. The second-order valence-corrected chi connectivity index (χ2v) is 5.44. The Morgan fingerprint density at radius 2 is 2.10 bits per heavy atom. The lowest BCUT2D eigenvalue weighted by atomic mass is 10.2. The van der Waals surface area contributed by atoms with Gasteiger partial charge in [0.2, 0.25) is 0 Å². The first kappa shape index (κ1) is 16.3. The van der Waals surface area contributed by atoms with Crippen LogP contribution in [0.4, 0.5) is 13.2 Å². The normalized spacial score (nSPS) is 18.5. The van der Waals surface area contributed by atoms with E-state index < -0.39 is 24.7 Å². The molecule has 0 aliphatic carbocycles. The van der Waals surface area contributed by atoms with Crippen LogP contribution >= 0.6 is 15.9 Å². The van der Waals surface area contributed by atoms with Gasteiger partial charge in [-0.05, 0) is 28.1 Å². The minimum atomic E-state index is -4.39. The lowest BCUT2D eigenvalue weighted by molar-refractivity contribution is -0.183. The summed E-state index contributed by atoms with van der Waals surface area (Å²) in [5.41, 5.74) is 0. The largest absolute Gasteiger partial charge is 0.444 e. The molecule has 2 rings (SSSR count). The van der Waals surface area contributed by atoms with Crippen molar-refractivity contribution in [3.8, 4) is 0 Å². The molecule has 21 heavy (non-hydrogen) atoms. The maximum atomic E-state index is 13.1. The Hall–Kier alpha value is -1.06. The molecule has 1 amide bonds. The van der Waals surface area contributed by atoms with E-state index in [1.54, 1.807) is 0 Å². The summed E-state index contributed by atoms with van der Waals surface area (Å²) >= 11 is 3.03. The zero-order valence-electron chi connectivity index (χ0n) is 11.0. The topological polar surface area (TPSA) is 57.5 Å². The molecule has 0 saturated carbocycles. The molecule has 1 unspecified atom stereocenters. The Labute approximate surface area is 128 Å². The number of hydrogen-bond acceptors (Lipinski definition) is 4. The highest BCUT2D eigenvalue weighted by atomic mass is 79.9. The van der Waals surface area contributed by atoms with E-state index in [-0.39, 0.29) is 5.76 Å². The van der Waals surface area contributed by atoms with Crippen molar-refractivity contribution in [3.63, 3.8) is 0 Å². The van der Waals surface area contributed by atoms with Crippen LogP contribution in [-0.2, 0) is 0 Å². The number of piperazine rings is 1.